The van der Waals surface area contributed by atoms with Gasteiger partial charge in [-0.3, -0.25) is 24.6 Å². The number of anilines is 1. The first-order valence-corrected chi connectivity index (χ1v) is 11.0. The normalized spacial score (nSPS) is 20.3. The Hall–Kier alpha value is -4.73. The Morgan fingerprint density at radius 2 is 1.92 bits per heavy atom. The van der Waals surface area contributed by atoms with Gasteiger partial charge < -0.3 is 14.9 Å². The number of phenolic OH excluding ortho intramolecular Hbond substituents is 1. The van der Waals surface area contributed by atoms with Crippen LogP contribution in [-0.2, 0) is 16.0 Å². The third-order valence-corrected chi connectivity index (χ3v) is 6.21. The van der Waals surface area contributed by atoms with E-state index in [-0.39, 0.29) is 28.5 Å². The summed E-state index contributed by atoms with van der Waals surface area (Å²) in [6.45, 7) is 1.89. The molecule has 1 saturated heterocycles. The molecule has 0 spiro atoms. The molecule has 2 heterocycles. The van der Waals surface area contributed by atoms with E-state index in [1.165, 1.54) is 24.3 Å². The summed E-state index contributed by atoms with van der Waals surface area (Å²) >= 11 is 0. The quantitative estimate of drug-likeness (QED) is 0.182. The molecule has 36 heavy (non-hydrogen) atoms. The van der Waals surface area contributed by atoms with E-state index >= 15 is 0 Å². The molecule has 0 radical (unpaired) electrons. The van der Waals surface area contributed by atoms with Gasteiger partial charge in [0.2, 0.25) is 0 Å². The van der Waals surface area contributed by atoms with Crippen LogP contribution in [0.2, 0.25) is 0 Å². The van der Waals surface area contributed by atoms with Gasteiger partial charge in [0.15, 0.2) is 5.75 Å². The zero-order valence-corrected chi connectivity index (χ0v) is 18.8. The molecular weight excluding hydrogens is 471 g/mol. The molecule has 2 aliphatic rings. The van der Waals surface area contributed by atoms with Crippen molar-refractivity contribution in [3.8, 4) is 11.5 Å². The fraction of sp³-hybridized carbons (Fsp3) is 0.154. The lowest BCUT2D eigenvalue weighted by Gasteiger charge is -2.25. The summed E-state index contributed by atoms with van der Waals surface area (Å²) in [5, 5.41) is 32.7. The first kappa shape index (κ1) is 23.0. The molecule has 1 fully saturated rings. The molecule has 3 aromatic carbocycles. The summed E-state index contributed by atoms with van der Waals surface area (Å²) in [4.78, 5) is 38.0. The number of aliphatic hydroxyl groups is 1. The average Bonchev–Trinajstić information content (AvgIpc) is 3.34. The van der Waals surface area contributed by atoms with Crippen molar-refractivity contribution in [1.82, 2.24) is 0 Å². The first-order chi connectivity index (χ1) is 17.2. The van der Waals surface area contributed by atoms with Gasteiger partial charge in [-0.15, -0.1) is 0 Å². The van der Waals surface area contributed by atoms with Crippen LogP contribution in [-0.4, -0.2) is 32.9 Å². The number of nitro groups is 1. The Bertz CT molecular complexity index is 1480. The Balaban J connectivity index is 1.73. The van der Waals surface area contributed by atoms with E-state index in [1.807, 2.05) is 6.92 Å². The number of ketones is 1. The van der Waals surface area contributed by atoms with Gasteiger partial charge in [-0.25, -0.2) is 4.39 Å². The fourth-order valence-electron chi connectivity index (χ4n) is 4.62. The number of aromatic hydroxyl groups is 1. The number of carbonyl (C=O) groups excluding carboxylic acids is 2. The number of Topliss-reactive ketones (excluding diaryl/α,β-unsaturated/α-hetero) is 1. The lowest BCUT2D eigenvalue weighted by atomic mass is 9.94. The zero-order chi connectivity index (χ0) is 25.7. The molecule has 2 unspecified atom stereocenters. The fourth-order valence-corrected chi connectivity index (χ4v) is 4.62. The van der Waals surface area contributed by atoms with Crippen molar-refractivity contribution in [2.24, 2.45) is 0 Å². The van der Waals surface area contributed by atoms with Crippen LogP contribution in [0.3, 0.4) is 0 Å². The predicted molar refractivity (Wildman–Crippen MR) is 126 cm³/mol. The second-order valence-corrected chi connectivity index (χ2v) is 8.61. The van der Waals surface area contributed by atoms with Crippen molar-refractivity contribution in [3.05, 3.63) is 98.9 Å². The maximum absolute atomic E-state index is 14.1. The molecule has 9 nitrogen and oxygen atoms in total. The van der Waals surface area contributed by atoms with Crippen molar-refractivity contribution < 1.29 is 33.9 Å². The molecule has 2 aliphatic heterocycles. The number of phenols is 1. The molecule has 2 N–H and O–H groups in total. The SMILES string of the molecule is CC1Cc2cc(/C(O)=C3\C(=O)C(=O)N(c4cccc(F)c4)C3c3ccc(O)c([N+](=O)[O-])c3)ccc2O1. The molecule has 0 bridgehead atoms. The van der Waals surface area contributed by atoms with Crippen molar-refractivity contribution in [2.75, 3.05) is 4.90 Å². The number of aliphatic hydroxyl groups excluding tert-OH is 1. The number of nitro benzene ring substituents is 1. The lowest BCUT2D eigenvalue weighted by molar-refractivity contribution is -0.385. The summed E-state index contributed by atoms with van der Waals surface area (Å²) < 4.78 is 19.7. The van der Waals surface area contributed by atoms with Crippen LogP contribution < -0.4 is 9.64 Å². The van der Waals surface area contributed by atoms with Gasteiger partial charge in [-0.1, -0.05) is 12.1 Å². The number of hydrogen-bond acceptors (Lipinski definition) is 7. The molecule has 3 aromatic rings. The minimum Gasteiger partial charge on any atom is -0.507 e. The van der Waals surface area contributed by atoms with Gasteiger partial charge in [0.1, 0.15) is 23.4 Å². The number of amides is 1. The Morgan fingerprint density at radius 1 is 1.14 bits per heavy atom. The van der Waals surface area contributed by atoms with E-state index in [9.17, 15) is 34.3 Å². The molecule has 5 rings (SSSR count). The molecule has 0 aliphatic carbocycles. The van der Waals surface area contributed by atoms with Crippen LogP contribution >= 0.6 is 0 Å². The third kappa shape index (κ3) is 3.72. The number of hydrogen-bond donors (Lipinski definition) is 2. The molecule has 0 aromatic heterocycles. The molecule has 0 saturated carbocycles. The van der Waals surface area contributed by atoms with Gasteiger partial charge in [0.25, 0.3) is 11.7 Å². The second kappa shape index (κ2) is 8.49. The van der Waals surface area contributed by atoms with Crippen LogP contribution in [0.4, 0.5) is 15.8 Å². The first-order valence-electron chi connectivity index (χ1n) is 11.0. The summed E-state index contributed by atoms with van der Waals surface area (Å²) in [5.41, 5.74) is 0.178. The van der Waals surface area contributed by atoms with Crippen LogP contribution in [0.15, 0.2) is 66.2 Å². The average molecular weight is 490 g/mol. The molecule has 1 amide bonds. The topological polar surface area (TPSA) is 130 Å². The lowest BCUT2D eigenvalue weighted by Crippen LogP contribution is -2.29. The maximum atomic E-state index is 14.1. The molecule has 182 valence electrons. The molecule has 2 atom stereocenters. The summed E-state index contributed by atoms with van der Waals surface area (Å²) in [7, 11) is 0. The van der Waals surface area contributed by atoms with Gasteiger partial charge >= 0.3 is 5.69 Å². The van der Waals surface area contributed by atoms with Crippen molar-refractivity contribution in [3.63, 3.8) is 0 Å². The minimum absolute atomic E-state index is 0.0213. The number of ether oxygens (including phenoxy) is 1. The number of fused-ring (bicyclic) bond motifs is 1. The summed E-state index contributed by atoms with van der Waals surface area (Å²) in [5.74, 6) is -3.21. The van der Waals surface area contributed by atoms with Crippen LogP contribution in [0.5, 0.6) is 11.5 Å². The van der Waals surface area contributed by atoms with E-state index in [0.29, 0.717) is 12.2 Å². The van der Waals surface area contributed by atoms with Crippen LogP contribution in [0, 0.1) is 15.9 Å². The van der Waals surface area contributed by atoms with Crippen molar-refractivity contribution in [2.45, 2.75) is 25.5 Å². The second-order valence-electron chi connectivity index (χ2n) is 8.61. The highest BCUT2D eigenvalue weighted by Gasteiger charge is 2.47. The third-order valence-electron chi connectivity index (χ3n) is 6.21. The molecule has 10 heteroatoms. The van der Waals surface area contributed by atoms with E-state index in [0.717, 1.165) is 34.7 Å². The number of rotatable bonds is 4. The highest BCUT2D eigenvalue weighted by Crippen LogP contribution is 2.44. The summed E-state index contributed by atoms with van der Waals surface area (Å²) in [6.07, 6.45) is 0.523. The van der Waals surface area contributed by atoms with Crippen molar-refractivity contribution in [1.29, 1.82) is 0 Å². The largest absolute Gasteiger partial charge is 0.507 e. The van der Waals surface area contributed by atoms with E-state index < -0.39 is 45.7 Å². The number of halogens is 1. The smallest absolute Gasteiger partial charge is 0.311 e. The van der Waals surface area contributed by atoms with Crippen LogP contribution in [0.1, 0.15) is 29.7 Å². The number of benzene rings is 3. The van der Waals surface area contributed by atoms with Gasteiger partial charge in [0, 0.05) is 23.7 Å². The van der Waals surface area contributed by atoms with Gasteiger partial charge in [-0.05, 0) is 60.5 Å². The number of nitrogens with zero attached hydrogens (tertiary/aromatic N) is 2. The van der Waals surface area contributed by atoms with Gasteiger partial charge in [-0.2, -0.15) is 0 Å². The Kier molecular flexibility index (Phi) is 5.43. The predicted octanol–water partition coefficient (Wildman–Crippen LogP) is 4.39. The van der Waals surface area contributed by atoms with E-state index in [4.69, 9.17) is 4.74 Å². The zero-order valence-electron chi connectivity index (χ0n) is 18.8. The highest BCUT2D eigenvalue weighted by molar-refractivity contribution is 6.51. The van der Waals surface area contributed by atoms with Gasteiger partial charge in [0.05, 0.1) is 16.5 Å². The van der Waals surface area contributed by atoms with Crippen LogP contribution in [0.25, 0.3) is 5.76 Å². The van der Waals surface area contributed by atoms with Crippen molar-refractivity contribution >= 4 is 28.8 Å². The number of carbonyl (C=O) groups is 2. The Morgan fingerprint density at radius 3 is 2.64 bits per heavy atom. The molecular formula is C26H19FN2O7. The standard InChI is InChI=1S/C26H19FN2O7/c1-13-9-16-10-15(6-8-21(16)36-13)24(31)22-23(14-5-7-20(30)19(11-14)29(34)35)28(26(33)25(22)32)18-4-2-3-17(27)12-18/h2-8,10-13,23,30-31H,9H2,1H3/b24-22+. The Labute approximate surface area is 203 Å². The summed E-state index contributed by atoms with van der Waals surface area (Å²) in [6, 6.07) is 11.9. The van der Waals surface area contributed by atoms with E-state index in [1.54, 1.807) is 12.1 Å². The monoisotopic (exact) mass is 490 g/mol. The minimum atomic E-state index is -1.32. The highest BCUT2D eigenvalue weighted by atomic mass is 19.1. The maximum Gasteiger partial charge on any atom is 0.311 e. The van der Waals surface area contributed by atoms with E-state index in [2.05, 4.69) is 0 Å².